The lowest BCUT2D eigenvalue weighted by atomic mass is 10.1. The number of amides is 2. The Morgan fingerprint density at radius 3 is 2.81 bits per heavy atom. The summed E-state index contributed by atoms with van der Waals surface area (Å²) < 4.78 is 0. The normalized spacial score (nSPS) is 11.8. The number of hydrogen-bond donors (Lipinski definition) is 3. The molecule has 110 valence electrons. The molecule has 0 saturated carbocycles. The number of aliphatic hydroxyl groups is 1. The molecular weight excluding hydrogens is 266 g/mol. The van der Waals surface area contributed by atoms with Gasteiger partial charge in [-0.05, 0) is 43.2 Å². The molecule has 0 bridgehead atoms. The van der Waals surface area contributed by atoms with Gasteiger partial charge in [-0.2, -0.15) is 0 Å². The van der Waals surface area contributed by atoms with E-state index in [1.54, 1.807) is 31.3 Å². The number of hydrogen-bond acceptors (Lipinski definition) is 3. The topological polar surface area (TPSA) is 74.2 Å². The Kier molecular flexibility index (Phi) is 4.90. The van der Waals surface area contributed by atoms with Crippen molar-refractivity contribution >= 4 is 11.7 Å². The van der Waals surface area contributed by atoms with Crippen LogP contribution in [0.3, 0.4) is 0 Å². The van der Waals surface area contributed by atoms with Crippen molar-refractivity contribution in [2.75, 3.05) is 5.32 Å². The summed E-state index contributed by atoms with van der Waals surface area (Å²) in [4.78, 5) is 16.0. The van der Waals surface area contributed by atoms with Gasteiger partial charge in [0.2, 0.25) is 0 Å². The van der Waals surface area contributed by atoms with Crippen molar-refractivity contribution in [1.82, 2.24) is 10.3 Å². The average molecular weight is 285 g/mol. The van der Waals surface area contributed by atoms with Crippen molar-refractivity contribution in [3.8, 4) is 0 Å². The molecule has 2 rings (SSSR count). The van der Waals surface area contributed by atoms with Gasteiger partial charge in [0.25, 0.3) is 0 Å². The van der Waals surface area contributed by atoms with E-state index in [9.17, 15) is 9.90 Å². The van der Waals surface area contributed by atoms with E-state index in [1.165, 1.54) is 0 Å². The molecule has 1 aromatic heterocycles. The highest BCUT2D eigenvalue weighted by Gasteiger charge is 2.05. The maximum Gasteiger partial charge on any atom is 0.319 e. The van der Waals surface area contributed by atoms with Crippen molar-refractivity contribution in [1.29, 1.82) is 0 Å². The zero-order chi connectivity index (χ0) is 15.2. The quantitative estimate of drug-likeness (QED) is 0.808. The molecule has 1 atom stereocenters. The average Bonchev–Trinajstić information content (AvgIpc) is 2.47. The van der Waals surface area contributed by atoms with Crippen molar-refractivity contribution in [2.45, 2.75) is 26.5 Å². The predicted octanol–water partition coefficient (Wildman–Crippen LogP) is 2.77. The van der Waals surface area contributed by atoms with Gasteiger partial charge >= 0.3 is 6.03 Å². The standard InChI is InChI=1S/C16H19N3O2/c1-11-6-7-13(9-17-11)10-18-16(21)19-15-5-3-4-14(8-15)12(2)20/h3-9,12,20H,10H2,1-2H3,(H2,18,19,21). The summed E-state index contributed by atoms with van der Waals surface area (Å²) >= 11 is 0. The minimum atomic E-state index is -0.562. The van der Waals surface area contributed by atoms with Gasteiger partial charge in [0.1, 0.15) is 0 Å². The molecule has 0 aliphatic carbocycles. The van der Waals surface area contributed by atoms with Crippen molar-refractivity contribution in [3.05, 3.63) is 59.4 Å². The Morgan fingerprint density at radius 2 is 2.14 bits per heavy atom. The number of rotatable bonds is 4. The molecule has 2 amide bonds. The fourth-order valence-corrected chi connectivity index (χ4v) is 1.84. The molecule has 0 fully saturated rings. The molecule has 1 unspecified atom stereocenters. The Bertz CT molecular complexity index is 609. The summed E-state index contributed by atoms with van der Waals surface area (Å²) in [7, 11) is 0. The number of anilines is 1. The zero-order valence-electron chi connectivity index (χ0n) is 12.1. The molecule has 5 heteroatoms. The number of pyridine rings is 1. The summed E-state index contributed by atoms with van der Waals surface area (Å²) in [5.74, 6) is 0. The molecule has 1 heterocycles. The second-order valence-corrected chi connectivity index (χ2v) is 4.92. The van der Waals surface area contributed by atoms with Gasteiger partial charge in [0.15, 0.2) is 0 Å². The second-order valence-electron chi connectivity index (χ2n) is 4.92. The Balaban J connectivity index is 1.89. The smallest absolute Gasteiger partial charge is 0.319 e. The zero-order valence-corrected chi connectivity index (χ0v) is 12.1. The van der Waals surface area contributed by atoms with E-state index in [0.717, 1.165) is 16.8 Å². The van der Waals surface area contributed by atoms with Crippen molar-refractivity contribution in [2.24, 2.45) is 0 Å². The SMILES string of the molecule is Cc1ccc(CNC(=O)Nc2cccc(C(C)O)c2)cn1. The van der Waals surface area contributed by atoms with E-state index in [1.807, 2.05) is 25.1 Å². The van der Waals surface area contributed by atoms with Crippen LogP contribution >= 0.6 is 0 Å². The first-order valence-corrected chi connectivity index (χ1v) is 6.79. The highest BCUT2D eigenvalue weighted by molar-refractivity contribution is 5.89. The number of nitrogens with one attached hydrogen (secondary N) is 2. The number of nitrogens with zero attached hydrogens (tertiary/aromatic N) is 1. The molecule has 2 aromatic rings. The Labute approximate surface area is 124 Å². The number of urea groups is 1. The highest BCUT2D eigenvalue weighted by atomic mass is 16.3. The molecule has 21 heavy (non-hydrogen) atoms. The van der Waals surface area contributed by atoms with Crippen LogP contribution in [0.5, 0.6) is 0 Å². The molecule has 1 aromatic carbocycles. The molecule has 3 N–H and O–H groups in total. The van der Waals surface area contributed by atoms with Gasteiger partial charge in [-0.1, -0.05) is 18.2 Å². The summed E-state index contributed by atoms with van der Waals surface area (Å²) in [6.45, 7) is 4.01. The van der Waals surface area contributed by atoms with Crippen LogP contribution in [0.1, 0.15) is 29.8 Å². The minimum absolute atomic E-state index is 0.293. The van der Waals surface area contributed by atoms with Gasteiger partial charge in [0.05, 0.1) is 6.10 Å². The number of aryl methyl sites for hydroxylation is 1. The molecule has 5 nitrogen and oxygen atoms in total. The van der Waals surface area contributed by atoms with Crippen LogP contribution in [0.25, 0.3) is 0 Å². The first-order chi connectivity index (χ1) is 10.0. The number of aromatic nitrogens is 1. The minimum Gasteiger partial charge on any atom is -0.389 e. The molecule has 0 saturated heterocycles. The van der Waals surface area contributed by atoms with Crippen LogP contribution < -0.4 is 10.6 Å². The predicted molar refractivity (Wildman–Crippen MR) is 81.9 cm³/mol. The summed E-state index contributed by atoms with van der Waals surface area (Å²) in [5.41, 5.74) is 3.29. The third kappa shape index (κ3) is 4.57. The Morgan fingerprint density at radius 1 is 1.33 bits per heavy atom. The lowest BCUT2D eigenvalue weighted by Gasteiger charge is -2.10. The largest absolute Gasteiger partial charge is 0.389 e. The number of carbonyl (C=O) groups excluding carboxylic acids is 1. The van der Waals surface area contributed by atoms with Gasteiger partial charge in [-0.15, -0.1) is 0 Å². The maximum atomic E-state index is 11.8. The van der Waals surface area contributed by atoms with Crippen LogP contribution in [0, 0.1) is 6.92 Å². The van der Waals surface area contributed by atoms with Crippen LogP contribution in [0.2, 0.25) is 0 Å². The summed E-state index contributed by atoms with van der Waals surface area (Å²) in [6, 6.07) is 10.7. The first kappa shape index (κ1) is 15.0. The molecule has 0 spiro atoms. The summed E-state index contributed by atoms with van der Waals surface area (Å²) in [5, 5.41) is 15.0. The third-order valence-corrected chi connectivity index (χ3v) is 3.05. The van der Waals surface area contributed by atoms with Crippen LogP contribution in [-0.2, 0) is 6.54 Å². The molecule has 0 aliphatic rings. The molecule has 0 aliphatic heterocycles. The van der Waals surface area contributed by atoms with E-state index in [0.29, 0.717) is 12.2 Å². The van der Waals surface area contributed by atoms with Crippen LogP contribution in [-0.4, -0.2) is 16.1 Å². The Hall–Kier alpha value is -2.40. The lowest BCUT2D eigenvalue weighted by molar-refractivity contribution is 0.199. The van der Waals surface area contributed by atoms with Gasteiger partial charge in [0, 0.05) is 24.1 Å². The van der Waals surface area contributed by atoms with Crippen molar-refractivity contribution < 1.29 is 9.90 Å². The van der Waals surface area contributed by atoms with Gasteiger partial charge in [-0.3, -0.25) is 4.98 Å². The van der Waals surface area contributed by atoms with Gasteiger partial charge < -0.3 is 15.7 Å². The van der Waals surface area contributed by atoms with Crippen molar-refractivity contribution in [3.63, 3.8) is 0 Å². The summed E-state index contributed by atoms with van der Waals surface area (Å²) in [6.07, 6.45) is 1.18. The van der Waals surface area contributed by atoms with Crippen LogP contribution in [0.4, 0.5) is 10.5 Å². The fourth-order valence-electron chi connectivity index (χ4n) is 1.84. The van der Waals surface area contributed by atoms with Gasteiger partial charge in [-0.25, -0.2) is 4.79 Å². The molecule has 0 radical (unpaired) electrons. The lowest BCUT2D eigenvalue weighted by Crippen LogP contribution is -2.28. The van der Waals surface area contributed by atoms with E-state index in [-0.39, 0.29) is 6.03 Å². The third-order valence-electron chi connectivity index (χ3n) is 3.05. The highest BCUT2D eigenvalue weighted by Crippen LogP contribution is 2.16. The van der Waals surface area contributed by atoms with Crippen LogP contribution in [0.15, 0.2) is 42.6 Å². The first-order valence-electron chi connectivity index (χ1n) is 6.79. The molecular formula is C16H19N3O2. The van der Waals surface area contributed by atoms with E-state index >= 15 is 0 Å². The second kappa shape index (κ2) is 6.85. The van der Waals surface area contributed by atoms with E-state index < -0.39 is 6.10 Å². The number of carbonyl (C=O) groups is 1. The monoisotopic (exact) mass is 285 g/mol. The fraction of sp³-hybridized carbons (Fsp3) is 0.250. The van der Waals surface area contributed by atoms with E-state index in [4.69, 9.17) is 0 Å². The maximum absolute atomic E-state index is 11.8. The number of aliphatic hydroxyl groups excluding tert-OH is 1. The van der Waals surface area contributed by atoms with E-state index in [2.05, 4.69) is 15.6 Å². The number of benzene rings is 1.